The standard InChI is InChI=1S/C7H9BrN2S/c1-11-7-3-2-5(10-9)4-6(7)8/h2-4,10H,9H2,1H3. The van der Waals surface area contributed by atoms with Gasteiger partial charge in [-0.25, -0.2) is 0 Å². The molecule has 2 nitrogen and oxygen atoms in total. The van der Waals surface area contributed by atoms with Crippen LogP contribution in [0.3, 0.4) is 0 Å². The van der Waals surface area contributed by atoms with Gasteiger partial charge in [0.25, 0.3) is 0 Å². The molecule has 0 fully saturated rings. The van der Waals surface area contributed by atoms with Crippen molar-refractivity contribution >= 4 is 33.4 Å². The molecule has 1 rings (SSSR count). The van der Waals surface area contributed by atoms with E-state index in [4.69, 9.17) is 5.84 Å². The Labute approximate surface area is 78.6 Å². The Morgan fingerprint density at radius 1 is 1.55 bits per heavy atom. The summed E-state index contributed by atoms with van der Waals surface area (Å²) in [5.74, 6) is 5.23. The first-order chi connectivity index (χ1) is 5.27. The maximum Gasteiger partial charge on any atom is 0.0497 e. The molecular weight excluding hydrogens is 224 g/mol. The fourth-order valence-electron chi connectivity index (χ4n) is 0.756. The summed E-state index contributed by atoms with van der Waals surface area (Å²) in [7, 11) is 0. The molecule has 0 spiro atoms. The minimum Gasteiger partial charge on any atom is -0.324 e. The molecule has 0 unspecified atom stereocenters. The second-order valence-electron chi connectivity index (χ2n) is 1.99. The van der Waals surface area contributed by atoms with Crippen LogP contribution in [0.15, 0.2) is 27.6 Å². The average molecular weight is 233 g/mol. The van der Waals surface area contributed by atoms with Crippen LogP contribution >= 0.6 is 27.7 Å². The van der Waals surface area contributed by atoms with Gasteiger partial charge in [0.05, 0.1) is 0 Å². The van der Waals surface area contributed by atoms with Crippen molar-refractivity contribution in [2.75, 3.05) is 11.7 Å². The summed E-state index contributed by atoms with van der Waals surface area (Å²) < 4.78 is 1.07. The number of anilines is 1. The number of benzene rings is 1. The number of nitrogens with one attached hydrogen (secondary N) is 1. The molecule has 1 aromatic rings. The summed E-state index contributed by atoms with van der Waals surface area (Å²) in [6.07, 6.45) is 2.04. The Morgan fingerprint density at radius 2 is 2.27 bits per heavy atom. The molecule has 4 heteroatoms. The van der Waals surface area contributed by atoms with Gasteiger partial charge in [0.2, 0.25) is 0 Å². The van der Waals surface area contributed by atoms with Gasteiger partial charge in [0, 0.05) is 15.1 Å². The van der Waals surface area contributed by atoms with Crippen molar-refractivity contribution in [3.05, 3.63) is 22.7 Å². The molecule has 11 heavy (non-hydrogen) atoms. The number of nitrogen functional groups attached to an aromatic ring is 1. The summed E-state index contributed by atoms with van der Waals surface area (Å²) in [6.45, 7) is 0. The van der Waals surface area contributed by atoms with Crippen LogP contribution in [0.1, 0.15) is 0 Å². The first-order valence-electron chi connectivity index (χ1n) is 3.08. The smallest absolute Gasteiger partial charge is 0.0497 e. The van der Waals surface area contributed by atoms with Gasteiger partial charge in [-0.1, -0.05) is 0 Å². The minimum absolute atomic E-state index is 0.912. The van der Waals surface area contributed by atoms with E-state index in [2.05, 4.69) is 21.4 Å². The largest absolute Gasteiger partial charge is 0.324 e. The highest BCUT2D eigenvalue weighted by molar-refractivity contribution is 9.10. The number of halogens is 1. The zero-order valence-corrected chi connectivity index (χ0v) is 8.50. The molecule has 0 saturated heterocycles. The molecule has 0 aliphatic rings. The van der Waals surface area contributed by atoms with E-state index >= 15 is 0 Å². The molecule has 0 aliphatic carbocycles. The molecule has 0 amide bonds. The first-order valence-corrected chi connectivity index (χ1v) is 5.10. The van der Waals surface area contributed by atoms with Gasteiger partial charge in [0.1, 0.15) is 0 Å². The van der Waals surface area contributed by atoms with Crippen molar-refractivity contribution in [3.63, 3.8) is 0 Å². The fourth-order valence-corrected chi connectivity index (χ4v) is 2.08. The molecule has 0 aromatic heterocycles. The van der Waals surface area contributed by atoms with E-state index in [0.717, 1.165) is 10.2 Å². The normalized spacial score (nSPS) is 9.73. The Balaban J connectivity index is 2.99. The fraction of sp³-hybridized carbons (Fsp3) is 0.143. The minimum atomic E-state index is 0.912. The average Bonchev–Trinajstić information content (AvgIpc) is 2.04. The number of hydrazine groups is 1. The first kappa shape index (κ1) is 8.90. The summed E-state index contributed by atoms with van der Waals surface area (Å²) in [6, 6.07) is 5.91. The number of hydrogen-bond acceptors (Lipinski definition) is 3. The summed E-state index contributed by atoms with van der Waals surface area (Å²) in [5, 5.41) is 0. The van der Waals surface area contributed by atoms with E-state index in [0.29, 0.717) is 0 Å². The number of thioether (sulfide) groups is 1. The van der Waals surface area contributed by atoms with Gasteiger partial charge in [-0.05, 0) is 40.4 Å². The number of nitrogens with two attached hydrogens (primary N) is 1. The van der Waals surface area contributed by atoms with E-state index in [1.54, 1.807) is 11.8 Å². The SMILES string of the molecule is CSc1ccc(NN)cc1Br. The Morgan fingerprint density at radius 3 is 2.73 bits per heavy atom. The van der Waals surface area contributed by atoms with E-state index in [1.807, 2.05) is 24.5 Å². The summed E-state index contributed by atoms with van der Waals surface area (Å²) >= 11 is 5.13. The van der Waals surface area contributed by atoms with Crippen LogP contribution < -0.4 is 11.3 Å². The lowest BCUT2D eigenvalue weighted by Crippen LogP contribution is -2.06. The maximum absolute atomic E-state index is 5.23. The molecule has 0 bridgehead atoms. The molecule has 1 aromatic carbocycles. The zero-order chi connectivity index (χ0) is 8.27. The molecular formula is C7H9BrN2S. The van der Waals surface area contributed by atoms with Crippen molar-refractivity contribution in [1.29, 1.82) is 0 Å². The molecule has 0 saturated carbocycles. The van der Waals surface area contributed by atoms with Crippen LogP contribution in [-0.4, -0.2) is 6.26 Å². The van der Waals surface area contributed by atoms with Gasteiger partial charge in [-0.15, -0.1) is 11.8 Å². The van der Waals surface area contributed by atoms with Crippen LogP contribution in [0.25, 0.3) is 0 Å². The van der Waals surface area contributed by atoms with Gasteiger partial charge in [-0.3, -0.25) is 5.84 Å². The van der Waals surface area contributed by atoms with Crippen molar-refractivity contribution in [1.82, 2.24) is 0 Å². The quantitative estimate of drug-likeness (QED) is 0.468. The maximum atomic E-state index is 5.23. The third-order valence-electron chi connectivity index (χ3n) is 1.32. The zero-order valence-electron chi connectivity index (χ0n) is 6.10. The monoisotopic (exact) mass is 232 g/mol. The molecule has 0 aliphatic heterocycles. The number of rotatable bonds is 2. The Hall–Kier alpha value is -0.190. The van der Waals surface area contributed by atoms with Crippen molar-refractivity contribution in [3.8, 4) is 0 Å². The van der Waals surface area contributed by atoms with E-state index in [1.165, 1.54) is 4.90 Å². The summed E-state index contributed by atoms with van der Waals surface area (Å²) in [5.41, 5.74) is 3.49. The summed E-state index contributed by atoms with van der Waals surface area (Å²) in [4.78, 5) is 1.21. The van der Waals surface area contributed by atoms with Crippen molar-refractivity contribution in [2.45, 2.75) is 4.90 Å². The van der Waals surface area contributed by atoms with Crippen LogP contribution in [-0.2, 0) is 0 Å². The van der Waals surface area contributed by atoms with E-state index < -0.39 is 0 Å². The van der Waals surface area contributed by atoms with Crippen molar-refractivity contribution in [2.24, 2.45) is 5.84 Å². The van der Waals surface area contributed by atoms with Gasteiger partial charge < -0.3 is 5.43 Å². The highest BCUT2D eigenvalue weighted by Gasteiger charge is 1.97. The third kappa shape index (κ3) is 2.12. The lowest BCUT2D eigenvalue weighted by molar-refractivity contribution is 1.31. The number of hydrogen-bond donors (Lipinski definition) is 2. The van der Waals surface area contributed by atoms with Gasteiger partial charge in [-0.2, -0.15) is 0 Å². The predicted octanol–water partition coefficient (Wildman–Crippen LogP) is 2.46. The van der Waals surface area contributed by atoms with Crippen LogP contribution in [0.4, 0.5) is 5.69 Å². The second-order valence-corrected chi connectivity index (χ2v) is 3.70. The predicted molar refractivity (Wildman–Crippen MR) is 53.7 cm³/mol. The molecule has 0 atom stereocenters. The van der Waals surface area contributed by atoms with Crippen LogP contribution in [0.2, 0.25) is 0 Å². The van der Waals surface area contributed by atoms with Gasteiger partial charge in [0.15, 0.2) is 0 Å². The lowest BCUT2D eigenvalue weighted by Gasteiger charge is -2.03. The van der Waals surface area contributed by atoms with Crippen molar-refractivity contribution < 1.29 is 0 Å². The third-order valence-corrected chi connectivity index (χ3v) is 3.03. The molecule has 3 N–H and O–H groups in total. The van der Waals surface area contributed by atoms with E-state index in [9.17, 15) is 0 Å². The van der Waals surface area contributed by atoms with E-state index in [-0.39, 0.29) is 0 Å². The molecule has 0 heterocycles. The van der Waals surface area contributed by atoms with Gasteiger partial charge >= 0.3 is 0 Å². The highest BCUT2D eigenvalue weighted by Crippen LogP contribution is 2.27. The Kier molecular flexibility index (Phi) is 3.23. The highest BCUT2D eigenvalue weighted by atomic mass is 79.9. The molecule has 0 radical (unpaired) electrons. The lowest BCUT2D eigenvalue weighted by atomic mass is 10.3. The van der Waals surface area contributed by atoms with Crippen LogP contribution in [0.5, 0.6) is 0 Å². The topological polar surface area (TPSA) is 38.0 Å². The second kappa shape index (κ2) is 3.99. The van der Waals surface area contributed by atoms with Crippen LogP contribution in [0, 0.1) is 0 Å². The molecule has 60 valence electrons. The Bertz CT molecular complexity index is 252.